The highest BCUT2D eigenvalue weighted by molar-refractivity contribution is 9.10. The summed E-state index contributed by atoms with van der Waals surface area (Å²) in [5.41, 5.74) is 0.894. The number of rotatable bonds is 2. The van der Waals surface area contributed by atoms with Crippen molar-refractivity contribution >= 4 is 45.1 Å². The topological polar surface area (TPSA) is 72.2 Å². The summed E-state index contributed by atoms with van der Waals surface area (Å²) in [5, 5.41) is 3.01. The standard InChI is InChI=1S/C11H5BrN2O3S/c12-6-3-5-7(14-10(16)9(5)15)4-8(6)18-11-13-1-2-17-11/h1-4H,(H,14,15,16). The van der Waals surface area contributed by atoms with Gasteiger partial charge in [0.2, 0.25) is 0 Å². The van der Waals surface area contributed by atoms with E-state index in [-0.39, 0.29) is 0 Å². The Morgan fingerprint density at radius 1 is 1.33 bits per heavy atom. The van der Waals surface area contributed by atoms with Crippen LogP contribution in [0.2, 0.25) is 0 Å². The third-order valence-electron chi connectivity index (χ3n) is 2.38. The number of nitrogens with zero attached hydrogens (tertiary/aromatic N) is 1. The van der Waals surface area contributed by atoms with Gasteiger partial charge in [0.15, 0.2) is 0 Å². The van der Waals surface area contributed by atoms with Crippen LogP contribution >= 0.6 is 27.7 Å². The molecule has 2 heterocycles. The molecule has 0 atom stereocenters. The average molecular weight is 325 g/mol. The largest absolute Gasteiger partial charge is 0.440 e. The van der Waals surface area contributed by atoms with E-state index in [1.807, 2.05) is 0 Å². The van der Waals surface area contributed by atoms with Gasteiger partial charge in [0, 0.05) is 9.37 Å². The molecule has 0 bridgehead atoms. The fraction of sp³-hybridized carbons (Fsp3) is 0. The summed E-state index contributed by atoms with van der Waals surface area (Å²) in [6.07, 6.45) is 3.03. The summed E-state index contributed by atoms with van der Waals surface area (Å²) < 4.78 is 5.85. The van der Waals surface area contributed by atoms with Gasteiger partial charge in [-0.15, -0.1) is 0 Å². The lowest BCUT2D eigenvalue weighted by atomic mass is 10.1. The minimum Gasteiger partial charge on any atom is -0.440 e. The molecule has 1 N–H and O–H groups in total. The van der Waals surface area contributed by atoms with Gasteiger partial charge >= 0.3 is 0 Å². The number of aromatic nitrogens is 1. The van der Waals surface area contributed by atoms with Crippen molar-refractivity contribution in [2.75, 3.05) is 5.32 Å². The van der Waals surface area contributed by atoms with Crippen LogP contribution in [0.15, 0.2) is 43.6 Å². The number of hydrogen-bond acceptors (Lipinski definition) is 5. The van der Waals surface area contributed by atoms with Crippen LogP contribution in [0.25, 0.3) is 0 Å². The molecule has 0 fully saturated rings. The highest BCUT2D eigenvalue weighted by Crippen LogP contribution is 2.38. The number of carbonyl (C=O) groups excluding carboxylic acids is 2. The number of fused-ring (bicyclic) bond motifs is 1. The highest BCUT2D eigenvalue weighted by atomic mass is 79.9. The predicted molar refractivity (Wildman–Crippen MR) is 67.7 cm³/mol. The Labute approximate surface area is 114 Å². The van der Waals surface area contributed by atoms with Crippen LogP contribution in [0, 0.1) is 0 Å². The first-order valence-corrected chi connectivity index (χ1v) is 6.52. The first-order valence-electron chi connectivity index (χ1n) is 4.92. The maximum atomic E-state index is 11.5. The van der Waals surface area contributed by atoms with Crippen molar-refractivity contribution in [3.05, 3.63) is 34.6 Å². The first kappa shape index (κ1) is 11.5. The van der Waals surface area contributed by atoms with Gasteiger partial charge in [-0.05, 0) is 39.8 Å². The van der Waals surface area contributed by atoms with Crippen molar-refractivity contribution in [2.24, 2.45) is 0 Å². The van der Waals surface area contributed by atoms with Gasteiger partial charge in [-0.25, -0.2) is 4.98 Å². The Bertz CT molecular complexity index is 655. The summed E-state index contributed by atoms with van der Waals surface area (Å²) in [7, 11) is 0. The van der Waals surface area contributed by atoms with E-state index < -0.39 is 11.7 Å². The Hall–Kier alpha value is -1.60. The van der Waals surface area contributed by atoms with Gasteiger partial charge in [-0.1, -0.05) is 0 Å². The predicted octanol–water partition coefficient (Wildman–Crippen LogP) is 2.72. The van der Waals surface area contributed by atoms with Gasteiger partial charge in [0.1, 0.15) is 6.26 Å². The second kappa shape index (κ2) is 4.25. The van der Waals surface area contributed by atoms with Crippen LogP contribution in [-0.2, 0) is 4.79 Å². The van der Waals surface area contributed by atoms with Gasteiger partial charge < -0.3 is 9.73 Å². The van der Waals surface area contributed by atoms with Crippen molar-refractivity contribution in [3.8, 4) is 0 Å². The van der Waals surface area contributed by atoms with E-state index in [1.54, 1.807) is 18.3 Å². The summed E-state index contributed by atoms with van der Waals surface area (Å²) in [4.78, 5) is 27.6. The molecule has 1 aromatic carbocycles. The van der Waals surface area contributed by atoms with Crippen molar-refractivity contribution in [1.29, 1.82) is 0 Å². The van der Waals surface area contributed by atoms with Crippen molar-refractivity contribution in [3.63, 3.8) is 0 Å². The molecule has 1 aromatic heterocycles. The second-order valence-electron chi connectivity index (χ2n) is 3.51. The Morgan fingerprint density at radius 3 is 2.89 bits per heavy atom. The minimum absolute atomic E-state index is 0.378. The maximum absolute atomic E-state index is 11.5. The molecular formula is C11H5BrN2O3S. The maximum Gasteiger partial charge on any atom is 0.296 e. The molecule has 1 aliphatic heterocycles. The molecule has 0 unspecified atom stereocenters. The van der Waals surface area contributed by atoms with E-state index in [1.165, 1.54) is 18.0 Å². The summed E-state index contributed by atoms with van der Waals surface area (Å²) in [6, 6.07) is 3.35. The minimum atomic E-state index is -0.602. The third-order valence-corrected chi connectivity index (χ3v) is 4.23. The molecule has 3 rings (SSSR count). The average Bonchev–Trinajstić information content (AvgIpc) is 2.92. The second-order valence-corrected chi connectivity index (χ2v) is 5.36. The highest BCUT2D eigenvalue weighted by Gasteiger charge is 2.29. The monoisotopic (exact) mass is 324 g/mol. The van der Waals surface area contributed by atoms with E-state index in [0.717, 1.165) is 4.90 Å². The lowest BCUT2D eigenvalue weighted by molar-refractivity contribution is -0.112. The lowest BCUT2D eigenvalue weighted by Crippen LogP contribution is -2.12. The Morgan fingerprint density at radius 2 is 2.17 bits per heavy atom. The summed E-state index contributed by atoms with van der Waals surface area (Å²) >= 11 is 4.66. The quantitative estimate of drug-likeness (QED) is 0.860. The van der Waals surface area contributed by atoms with E-state index in [2.05, 4.69) is 26.2 Å². The van der Waals surface area contributed by atoms with E-state index in [0.29, 0.717) is 20.9 Å². The Kier molecular flexibility index (Phi) is 2.71. The van der Waals surface area contributed by atoms with E-state index >= 15 is 0 Å². The number of Topliss-reactive ketones (excluding diaryl/α,β-unsaturated/α-hetero) is 1. The molecule has 0 radical (unpaired) electrons. The van der Waals surface area contributed by atoms with Crippen LogP contribution in [0.4, 0.5) is 5.69 Å². The molecule has 0 aliphatic carbocycles. The van der Waals surface area contributed by atoms with Crippen molar-refractivity contribution in [2.45, 2.75) is 10.1 Å². The molecule has 0 saturated heterocycles. The summed E-state index contributed by atoms with van der Waals surface area (Å²) in [5.74, 6) is -1.12. The van der Waals surface area contributed by atoms with Gasteiger partial charge in [0.05, 0.1) is 17.4 Å². The zero-order valence-corrected chi connectivity index (χ0v) is 11.2. The molecule has 0 saturated carbocycles. The van der Waals surface area contributed by atoms with Gasteiger partial charge in [0.25, 0.3) is 16.9 Å². The van der Waals surface area contributed by atoms with Crippen LogP contribution in [0.5, 0.6) is 0 Å². The number of carbonyl (C=O) groups is 2. The van der Waals surface area contributed by atoms with Crippen LogP contribution in [-0.4, -0.2) is 16.7 Å². The molecule has 2 aromatic rings. The number of nitrogens with one attached hydrogen (secondary N) is 1. The first-order chi connectivity index (χ1) is 8.65. The smallest absolute Gasteiger partial charge is 0.296 e. The number of benzene rings is 1. The molecule has 7 heteroatoms. The fourth-order valence-electron chi connectivity index (χ4n) is 1.58. The lowest BCUT2D eigenvalue weighted by Gasteiger charge is -2.04. The zero-order valence-electron chi connectivity index (χ0n) is 8.77. The summed E-state index contributed by atoms with van der Waals surface area (Å²) in [6.45, 7) is 0. The van der Waals surface area contributed by atoms with E-state index in [4.69, 9.17) is 4.42 Å². The number of amides is 1. The molecule has 90 valence electrons. The number of anilines is 1. The van der Waals surface area contributed by atoms with Gasteiger partial charge in [-0.3, -0.25) is 9.59 Å². The number of halogens is 1. The SMILES string of the molecule is O=C1Nc2cc(Sc3ncco3)c(Br)cc2C1=O. The molecule has 5 nitrogen and oxygen atoms in total. The zero-order chi connectivity index (χ0) is 12.7. The van der Waals surface area contributed by atoms with Gasteiger partial charge in [-0.2, -0.15) is 0 Å². The molecule has 1 aliphatic rings. The van der Waals surface area contributed by atoms with Crippen LogP contribution in [0.1, 0.15) is 10.4 Å². The normalized spacial score (nSPS) is 13.6. The van der Waals surface area contributed by atoms with Crippen molar-refractivity contribution in [1.82, 2.24) is 4.98 Å². The molecule has 18 heavy (non-hydrogen) atoms. The molecular weight excluding hydrogens is 320 g/mol. The van der Waals surface area contributed by atoms with Crippen molar-refractivity contribution < 1.29 is 14.0 Å². The molecule has 0 spiro atoms. The number of hydrogen-bond donors (Lipinski definition) is 1. The van der Waals surface area contributed by atoms with E-state index in [9.17, 15) is 9.59 Å². The van der Waals surface area contributed by atoms with Crippen LogP contribution < -0.4 is 5.32 Å². The third kappa shape index (κ3) is 1.85. The molecule has 1 amide bonds. The van der Waals surface area contributed by atoms with Crippen LogP contribution in [0.3, 0.4) is 0 Å². The fourth-order valence-corrected chi connectivity index (χ4v) is 2.90. The number of oxazole rings is 1. The Balaban J connectivity index is 2.01. The number of ketones is 1.